The normalized spacial score (nSPS) is 16.1. The molecule has 0 heterocycles. The van der Waals surface area contributed by atoms with Crippen LogP contribution in [0, 0.1) is 5.92 Å². The monoisotopic (exact) mass is 280 g/mol. The minimum Gasteiger partial charge on any atom is -0.326 e. The highest BCUT2D eigenvalue weighted by Gasteiger charge is 2.29. The lowest BCUT2D eigenvalue weighted by atomic mass is 10.1. The Balaban J connectivity index is 1.67. The predicted molar refractivity (Wildman–Crippen MR) is 87.7 cm³/mol. The van der Waals surface area contributed by atoms with Crippen LogP contribution in [-0.2, 0) is 13.1 Å². The maximum atomic E-state index is 6.35. The van der Waals surface area contributed by atoms with Gasteiger partial charge in [0.2, 0.25) is 0 Å². The van der Waals surface area contributed by atoms with Gasteiger partial charge in [0.1, 0.15) is 0 Å². The topological polar surface area (TPSA) is 29.3 Å². The van der Waals surface area contributed by atoms with Gasteiger partial charge in [0.15, 0.2) is 0 Å². The fourth-order valence-corrected chi connectivity index (χ4v) is 2.84. The smallest absolute Gasteiger partial charge is 0.0237 e. The zero-order valence-electron chi connectivity index (χ0n) is 12.5. The zero-order chi connectivity index (χ0) is 14.5. The summed E-state index contributed by atoms with van der Waals surface area (Å²) in [6.07, 6.45) is 2.62. The lowest BCUT2D eigenvalue weighted by Crippen LogP contribution is -2.38. The number of nitrogens with two attached hydrogens (primary N) is 1. The molecule has 21 heavy (non-hydrogen) atoms. The Bertz CT molecular complexity index is 493. The first-order chi connectivity index (χ1) is 10.3. The van der Waals surface area contributed by atoms with Gasteiger partial charge in [-0.3, -0.25) is 4.90 Å². The molecule has 1 saturated carbocycles. The maximum absolute atomic E-state index is 6.35. The Morgan fingerprint density at radius 2 is 1.33 bits per heavy atom. The summed E-state index contributed by atoms with van der Waals surface area (Å²) in [4.78, 5) is 2.48. The molecular weight excluding hydrogens is 256 g/mol. The van der Waals surface area contributed by atoms with Gasteiger partial charge in [-0.1, -0.05) is 60.7 Å². The SMILES string of the molecule is NC(CN(Cc1ccccc1)Cc1ccccc1)C1CC1. The first kappa shape index (κ1) is 14.3. The van der Waals surface area contributed by atoms with Crippen molar-refractivity contribution in [2.45, 2.75) is 32.0 Å². The second-order valence-corrected chi connectivity index (χ2v) is 6.14. The molecule has 3 rings (SSSR count). The third-order valence-corrected chi connectivity index (χ3v) is 4.19. The van der Waals surface area contributed by atoms with Crippen molar-refractivity contribution in [2.24, 2.45) is 11.7 Å². The van der Waals surface area contributed by atoms with Crippen molar-refractivity contribution in [3.63, 3.8) is 0 Å². The molecule has 1 fully saturated rings. The van der Waals surface area contributed by atoms with Crippen LogP contribution in [0.25, 0.3) is 0 Å². The minimum absolute atomic E-state index is 0.317. The molecule has 0 aliphatic heterocycles. The minimum atomic E-state index is 0.317. The van der Waals surface area contributed by atoms with Gasteiger partial charge in [-0.05, 0) is 29.9 Å². The average Bonchev–Trinajstić information content (AvgIpc) is 3.34. The number of nitrogens with zero attached hydrogens (tertiary/aromatic N) is 1. The second-order valence-electron chi connectivity index (χ2n) is 6.14. The van der Waals surface area contributed by atoms with Crippen molar-refractivity contribution in [3.8, 4) is 0 Å². The largest absolute Gasteiger partial charge is 0.326 e. The highest BCUT2D eigenvalue weighted by Crippen LogP contribution is 2.32. The fourth-order valence-electron chi connectivity index (χ4n) is 2.84. The molecule has 0 spiro atoms. The van der Waals surface area contributed by atoms with Crippen molar-refractivity contribution in [3.05, 3.63) is 71.8 Å². The van der Waals surface area contributed by atoms with Crippen molar-refractivity contribution in [2.75, 3.05) is 6.54 Å². The summed E-state index contributed by atoms with van der Waals surface area (Å²) < 4.78 is 0. The van der Waals surface area contributed by atoms with Crippen LogP contribution in [0.15, 0.2) is 60.7 Å². The summed E-state index contributed by atoms with van der Waals surface area (Å²) in [5.74, 6) is 0.749. The van der Waals surface area contributed by atoms with E-state index in [0.29, 0.717) is 6.04 Å². The summed E-state index contributed by atoms with van der Waals surface area (Å²) in [5.41, 5.74) is 9.06. The third kappa shape index (κ3) is 4.42. The van der Waals surface area contributed by atoms with Crippen LogP contribution in [0.3, 0.4) is 0 Å². The van der Waals surface area contributed by atoms with Crippen LogP contribution in [0.4, 0.5) is 0 Å². The van der Waals surface area contributed by atoms with Gasteiger partial charge in [0.25, 0.3) is 0 Å². The van der Waals surface area contributed by atoms with Gasteiger partial charge in [-0.15, -0.1) is 0 Å². The number of hydrogen-bond donors (Lipinski definition) is 1. The standard InChI is InChI=1S/C19H24N2/c20-19(18-11-12-18)15-21(13-16-7-3-1-4-8-16)14-17-9-5-2-6-10-17/h1-10,18-19H,11-15,20H2. The van der Waals surface area contributed by atoms with Gasteiger partial charge in [0, 0.05) is 25.7 Å². The van der Waals surface area contributed by atoms with E-state index in [4.69, 9.17) is 5.73 Å². The molecule has 2 aromatic carbocycles. The maximum Gasteiger partial charge on any atom is 0.0237 e. The Labute approximate surface area is 127 Å². The molecule has 0 amide bonds. The fraction of sp³-hybridized carbons (Fsp3) is 0.368. The summed E-state index contributed by atoms with van der Waals surface area (Å²) in [5, 5.41) is 0. The Hall–Kier alpha value is -1.64. The van der Waals surface area contributed by atoms with Crippen LogP contribution in [0.1, 0.15) is 24.0 Å². The molecule has 2 nitrogen and oxygen atoms in total. The summed E-state index contributed by atoms with van der Waals surface area (Å²) in [6, 6.07) is 21.7. The molecule has 2 N–H and O–H groups in total. The zero-order valence-corrected chi connectivity index (χ0v) is 12.5. The van der Waals surface area contributed by atoms with Crippen molar-refractivity contribution in [1.29, 1.82) is 0 Å². The number of rotatable bonds is 7. The second kappa shape index (κ2) is 6.88. The van der Waals surface area contributed by atoms with Gasteiger partial charge in [-0.2, -0.15) is 0 Å². The molecule has 1 atom stereocenters. The molecule has 0 saturated heterocycles. The molecule has 0 radical (unpaired) electrons. The molecular formula is C19H24N2. The van der Waals surface area contributed by atoms with E-state index >= 15 is 0 Å². The van der Waals surface area contributed by atoms with E-state index in [9.17, 15) is 0 Å². The van der Waals surface area contributed by atoms with Crippen LogP contribution in [-0.4, -0.2) is 17.5 Å². The first-order valence-corrected chi connectivity index (χ1v) is 7.87. The van der Waals surface area contributed by atoms with E-state index < -0.39 is 0 Å². The average molecular weight is 280 g/mol. The van der Waals surface area contributed by atoms with E-state index in [1.165, 1.54) is 24.0 Å². The molecule has 110 valence electrons. The third-order valence-electron chi connectivity index (χ3n) is 4.19. The van der Waals surface area contributed by atoms with Crippen LogP contribution >= 0.6 is 0 Å². The van der Waals surface area contributed by atoms with E-state index in [2.05, 4.69) is 65.6 Å². The van der Waals surface area contributed by atoms with Gasteiger partial charge in [-0.25, -0.2) is 0 Å². The number of hydrogen-bond acceptors (Lipinski definition) is 2. The van der Waals surface area contributed by atoms with Crippen LogP contribution < -0.4 is 5.73 Å². The van der Waals surface area contributed by atoms with Crippen LogP contribution in [0.5, 0.6) is 0 Å². The predicted octanol–water partition coefficient (Wildman–Crippen LogP) is 3.43. The quantitative estimate of drug-likeness (QED) is 0.842. The lowest BCUT2D eigenvalue weighted by Gasteiger charge is -2.26. The van der Waals surface area contributed by atoms with E-state index in [-0.39, 0.29) is 0 Å². The molecule has 1 aliphatic rings. The van der Waals surface area contributed by atoms with E-state index in [0.717, 1.165) is 25.6 Å². The van der Waals surface area contributed by atoms with Crippen LogP contribution in [0.2, 0.25) is 0 Å². The van der Waals surface area contributed by atoms with E-state index in [1.807, 2.05) is 0 Å². The molecule has 1 unspecified atom stereocenters. The van der Waals surface area contributed by atoms with Crippen molar-refractivity contribution < 1.29 is 0 Å². The molecule has 2 heteroatoms. The number of benzene rings is 2. The Kier molecular flexibility index (Phi) is 4.69. The highest BCUT2D eigenvalue weighted by atomic mass is 15.1. The van der Waals surface area contributed by atoms with Crippen molar-refractivity contribution in [1.82, 2.24) is 4.90 Å². The molecule has 2 aromatic rings. The highest BCUT2D eigenvalue weighted by molar-refractivity contribution is 5.17. The Morgan fingerprint density at radius 1 is 0.857 bits per heavy atom. The lowest BCUT2D eigenvalue weighted by molar-refractivity contribution is 0.232. The molecule has 1 aliphatic carbocycles. The summed E-state index contributed by atoms with van der Waals surface area (Å²) in [6.45, 7) is 2.92. The van der Waals surface area contributed by atoms with Crippen molar-refractivity contribution >= 4 is 0 Å². The van der Waals surface area contributed by atoms with E-state index in [1.54, 1.807) is 0 Å². The molecule has 0 bridgehead atoms. The summed E-state index contributed by atoms with van der Waals surface area (Å²) in [7, 11) is 0. The van der Waals surface area contributed by atoms with Gasteiger partial charge >= 0.3 is 0 Å². The van der Waals surface area contributed by atoms with Gasteiger partial charge in [0.05, 0.1) is 0 Å². The molecule has 0 aromatic heterocycles. The first-order valence-electron chi connectivity index (χ1n) is 7.87. The Morgan fingerprint density at radius 3 is 1.76 bits per heavy atom. The summed E-state index contributed by atoms with van der Waals surface area (Å²) >= 11 is 0. The van der Waals surface area contributed by atoms with Gasteiger partial charge < -0.3 is 5.73 Å².